The number of benzene rings is 1. The van der Waals surface area contributed by atoms with Gasteiger partial charge in [0.15, 0.2) is 0 Å². The van der Waals surface area contributed by atoms with Gasteiger partial charge in [-0.2, -0.15) is 0 Å². The summed E-state index contributed by atoms with van der Waals surface area (Å²) in [6.45, 7) is 2.37. The van der Waals surface area contributed by atoms with Crippen LogP contribution in [0.2, 0.25) is 0 Å². The van der Waals surface area contributed by atoms with E-state index >= 15 is 0 Å². The normalized spacial score (nSPS) is 20.9. The number of hydrogen-bond donors (Lipinski definition) is 1. The van der Waals surface area contributed by atoms with Crippen molar-refractivity contribution in [2.75, 3.05) is 20.7 Å². The predicted molar refractivity (Wildman–Crippen MR) is 87.8 cm³/mol. The lowest BCUT2D eigenvalue weighted by Gasteiger charge is -2.23. The van der Waals surface area contributed by atoms with Crippen molar-refractivity contribution in [3.63, 3.8) is 0 Å². The number of aliphatic hydroxyl groups excluding tert-OH is 1. The summed E-state index contributed by atoms with van der Waals surface area (Å²) in [7, 11) is 3.38. The second-order valence-corrected chi connectivity index (χ2v) is 6.34. The van der Waals surface area contributed by atoms with Crippen molar-refractivity contribution in [3.05, 3.63) is 29.5 Å². The van der Waals surface area contributed by atoms with E-state index in [0.29, 0.717) is 29.2 Å². The summed E-state index contributed by atoms with van der Waals surface area (Å²) in [6.07, 6.45) is 2.53. The van der Waals surface area contributed by atoms with Crippen LogP contribution in [0, 0.1) is 12.8 Å². The molecule has 3 rings (SSSR count). The fourth-order valence-corrected chi connectivity index (χ4v) is 3.45. The summed E-state index contributed by atoms with van der Waals surface area (Å²) in [5.74, 6) is 1.39. The fraction of sp³-hybridized carbons (Fsp3) is 0.500. The zero-order chi connectivity index (χ0) is 16.6. The summed E-state index contributed by atoms with van der Waals surface area (Å²) in [6, 6.07) is 5.47. The number of amides is 1. The lowest BCUT2D eigenvalue weighted by molar-refractivity contribution is 0.0693. The molecule has 124 valence electrons. The Bertz CT molecular complexity index is 721. The van der Waals surface area contributed by atoms with Crippen molar-refractivity contribution >= 4 is 16.9 Å². The van der Waals surface area contributed by atoms with Gasteiger partial charge in [0.05, 0.1) is 18.8 Å². The van der Waals surface area contributed by atoms with Crippen LogP contribution in [0.4, 0.5) is 0 Å². The minimum absolute atomic E-state index is 0.0754. The SMILES string of the molecule is COc1ccc2oc(C)c(C(=O)N(C)CC3CCCC3O)c2c1. The monoisotopic (exact) mass is 317 g/mol. The number of ether oxygens (including phenoxy) is 1. The van der Waals surface area contributed by atoms with E-state index in [1.165, 1.54) is 0 Å². The third-order valence-electron chi connectivity index (χ3n) is 4.76. The molecule has 0 radical (unpaired) electrons. The van der Waals surface area contributed by atoms with Crippen LogP contribution >= 0.6 is 0 Å². The van der Waals surface area contributed by atoms with Gasteiger partial charge in [-0.15, -0.1) is 0 Å². The summed E-state index contributed by atoms with van der Waals surface area (Å²) in [4.78, 5) is 14.6. The van der Waals surface area contributed by atoms with Crippen molar-refractivity contribution in [1.82, 2.24) is 4.90 Å². The standard InChI is InChI=1S/C18H23NO4/c1-11-17(14-9-13(22-3)7-8-16(14)23-11)18(21)19(2)10-12-5-4-6-15(12)20/h7-9,12,15,20H,4-6,10H2,1-3H3. The molecule has 1 saturated carbocycles. The zero-order valence-corrected chi connectivity index (χ0v) is 13.8. The summed E-state index contributed by atoms with van der Waals surface area (Å²) in [5, 5.41) is 10.7. The van der Waals surface area contributed by atoms with Gasteiger partial charge < -0.3 is 19.2 Å². The number of aryl methyl sites for hydroxylation is 1. The Morgan fingerprint density at radius 1 is 1.43 bits per heavy atom. The highest BCUT2D eigenvalue weighted by molar-refractivity contribution is 6.07. The molecule has 2 atom stereocenters. The molecule has 1 N–H and O–H groups in total. The topological polar surface area (TPSA) is 62.9 Å². The summed E-state index contributed by atoms with van der Waals surface area (Å²) >= 11 is 0. The van der Waals surface area contributed by atoms with Gasteiger partial charge in [0.25, 0.3) is 5.91 Å². The largest absolute Gasteiger partial charge is 0.497 e. The van der Waals surface area contributed by atoms with Crippen LogP contribution < -0.4 is 4.74 Å². The average Bonchev–Trinajstić information content (AvgIpc) is 3.08. The van der Waals surface area contributed by atoms with E-state index in [0.717, 1.165) is 24.6 Å². The molecule has 1 aromatic carbocycles. The van der Waals surface area contributed by atoms with E-state index in [1.807, 2.05) is 18.2 Å². The van der Waals surface area contributed by atoms with Crippen molar-refractivity contribution in [2.24, 2.45) is 5.92 Å². The molecule has 1 heterocycles. The maximum atomic E-state index is 12.9. The molecule has 5 heteroatoms. The summed E-state index contributed by atoms with van der Waals surface area (Å²) in [5.41, 5.74) is 1.26. The molecule has 23 heavy (non-hydrogen) atoms. The molecule has 5 nitrogen and oxygen atoms in total. The van der Waals surface area contributed by atoms with Crippen molar-refractivity contribution in [3.8, 4) is 5.75 Å². The maximum absolute atomic E-state index is 12.9. The van der Waals surface area contributed by atoms with E-state index in [4.69, 9.17) is 9.15 Å². The number of rotatable bonds is 4. The van der Waals surface area contributed by atoms with Gasteiger partial charge in [0.1, 0.15) is 17.1 Å². The quantitative estimate of drug-likeness (QED) is 0.941. The van der Waals surface area contributed by atoms with Gasteiger partial charge in [-0.05, 0) is 38.0 Å². The number of fused-ring (bicyclic) bond motifs is 1. The lowest BCUT2D eigenvalue weighted by Crippen LogP contribution is -2.34. The van der Waals surface area contributed by atoms with E-state index in [-0.39, 0.29) is 17.9 Å². The molecule has 1 aromatic heterocycles. The first kappa shape index (κ1) is 15.9. The molecule has 2 unspecified atom stereocenters. The van der Waals surface area contributed by atoms with Gasteiger partial charge in [0, 0.05) is 24.9 Å². The summed E-state index contributed by atoms with van der Waals surface area (Å²) < 4.78 is 11.0. The van der Waals surface area contributed by atoms with Crippen molar-refractivity contribution < 1.29 is 19.1 Å². The van der Waals surface area contributed by atoms with E-state index < -0.39 is 0 Å². The molecular formula is C18H23NO4. The highest BCUT2D eigenvalue weighted by Gasteiger charge is 2.29. The molecule has 1 aliphatic rings. The number of aliphatic hydroxyl groups is 1. The van der Waals surface area contributed by atoms with Gasteiger partial charge >= 0.3 is 0 Å². The number of carbonyl (C=O) groups excluding carboxylic acids is 1. The second kappa shape index (κ2) is 6.24. The first-order valence-corrected chi connectivity index (χ1v) is 8.02. The van der Waals surface area contributed by atoms with Crippen molar-refractivity contribution in [1.29, 1.82) is 0 Å². The van der Waals surface area contributed by atoms with Crippen molar-refractivity contribution in [2.45, 2.75) is 32.3 Å². The van der Waals surface area contributed by atoms with Gasteiger partial charge in [0.2, 0.25) is 0 Å². The van der Waals surface area contributed by atoms with E-state index in [9.17, 15) is 9.90 Å². The van der Waals surface area contributed by atoms with Crippen LogP contribution in [-0.4, -0.2) is 42.7 Å². The van der Waals surface area contributed by atoms with Crippen LogP contribution in [0.5, 0.6) is 5.75 Å². The number of methoxy groups -OCH3 is 1. The highest BCUT2D eigenvalue weighted by Crippen LogP contribution is 2.31. The molecular weight excluding hydrogens is 294 g/mol. The minimum Gasteiger partial charge on any atom is -0.497 e. The smallest absolute Gasteiger partial charge is 0.257 e. The Hall–Kier alpha value is -2.01. The zero-order valence-electron chi connectivity index (χ0n) is 13.8. The molecule has 1 aliphatic carbocycles. The van der Waals surface area contributed by atoms with Crippen LogP contribution in [-0.2, 0) is 0 Å². The number of hydrogen-bond acceptors (Lipinski definition) is 4. The Kier molecular flexibility index (Phi) is 4.31. The van der Waals surface area contributed by atoms with Crippen LogP contribution in [0.3, 0.4) is 0 Å². The highest BCUT2D eigenvalue weighted by atomic mass is 16.5. The number of nitrogens with zero attached hydrogens (tertiary/aromatic N) is 1. The minimum atomic E-state index is -0.299. The molecule has 1 amide bonds. The van der Waals surface area contributed by atoms with Crippen LogP contribution in [0.15, 0.2) is 22.6 Å². The Morgan fingerprint density at radius 3 is 2.87 bits per heavy atom. The predicted octanol–water partition coefficient (Wildman–Crippen LogP) is 2.98. The molecule has 0 aliphatic heterocycles. The van der Waals surface area contributed by atoms with E-state index in [1.54, 1.807) is 26.0 Å². The first-order valence-electron chi connectivity index (χ1n) is 8.02. The third-order valence-corrected chi connectivity index (χ3v) is 4.76. The van der Waals surface area contributed by atoms with Gasteiger partial charge in [-0.25, -0.2) is 0 Å². The molecule has 0 saturated heterocycles. The van der Waals surface area contributed by atoms with Gasteiger partial charge in [-0.3, -0.25) is 4.79 Å². The maximum Gasteiger partial charge on any atom is 0.257 e. The molecule has 0 bridgehead atoms. The molecule has 1 fully saturated rings. The Morgan fingerprint density at radius 2 is 2.22 bits per heavy atom. The number of furan rings is 1. The number of carbonyl (C=O) groups is 1. The third kappa shape index (κ3) is 2.93. The van der Waals surface area contributed by atoms with Gasteiger partial charge in [-0.1, -0.05) is 6.42 Å². The average molecular weight is 317 g/mol. The Balaban J connectivity index is 1.89. The molecule has 0 spiro atoms. The van der Waals surface area contributed by atoms with Crippen LogP contribution in [0.1, 0.15) is 35.4 Å². The lowest BCUT2D eigenvalue weighted by atomic mass is 10.0. The van der Waals surface area contributed by atoms with E-state index in [2.05, 4.69) is 0 Å². The van der Waals surface area contributed by atoms with Crippen LogP contribution in [0.25, 0.3) is 11.0 Å². The Labute approximate surface area is 135 Å². The molecule has 2 aromatic rings. The second-order valence-electron chi connectivity index (χ2n) is 6.34. The first-order chi connectivity index (χ1) is 11.0. The fourth-order valence-electron chi connectivity index (χ4n) is 3.45.